The predicted molar refractivity (Wildman–Crippen MR) is 62.9 cm³/mol. The van der Waals surface area contributed by atoms with Gasteiger partial charge in [0.1, 0.15) is 5.75 Å². The lowest BCUT2D eigenvalue weighted by atomic mass is 9.83. The van der Waals surface area contributed by atoms with Crippen molar-refractivity contribution in [1.82, 2.24) is 0 Å². The van der Waals surface area contributed by atoms with E-state index in [1.807, 2.05) is 18.2 Å². The van der Waals surface area contributed by atoms with Crippen molar-refractivity contribution in [3.05, 3.63) is 28.2 Å². The van der Waals surface area contributed by atoms with E-state index in [1.54, 1.807) is 21.0 Å². The first-order valence-electron chi connectivity index (χ1n) is 4.53. The van der Waals surface area contributed by atoms with Crippen molar-refractivity contribution >= 4 is 21.8 Å². The summed E-state index contributed by atoms with van der Waals surface area (Å²) in [5, 5.41) is 0. The van der Waals surface area contributed by atoms with Gasteiger partial charge >= 0.3 is 0 Å². The maximum atomic E-state index is 11.3. The molecule has 1 amide bonds. The lowest BCUT2D eigenvalue weighted by Gasteiger charge is -2.23. The Bertz CT molecular complexity index is 388. The van der Waals surface area contributed by atoms with Gasteiger partial charge < -0.3 is 10.5 Å². The number of carbonyl (C=O) groups is 1. The zero-order chi connectivity index (χ0) is 11.6. The number of hydrogen-bond donors (Lipinski definition) is 1. The fraction of sp³-hybridized carbons (Fsp3) is 0.364. The van der Waals surface area contributed by atoms with E-state index in [-0.39, 0.29) is 5.91 Å². The van der Waals surface area contributed by atoms with Crippen LogP contribution in [0.3, 0.4) is 0 Å². The molecule has 0 aliphatic rings. The number of ether oxygens (including phenoxy) is 1. The van der Waals surface area contributed by atoms with Gasteiger partial charge in [-0.3, -0.25) is 4.79 Å². The van der Waals surface area contributed by atoms with Crippen molar-refractivity contribution in [2.75, 3.05) is 7.11 Å². The highest BCUT2D eigenvalue weighted by molar-refractivity contribution is 9.10. The minimum Gasteiger partial charge on any atom is -0.496 e. The molecule has 2 N–H and O–H groups in total. The van der Waals surface area contributed by atoms with Gasteiger partial charge in [-0.2, -0.15) is 0 Å². The lowest BCUT2D eigenvalue weighted by molar-refractivity contribution is -0.122. The van der Waals surface area contributed by atoms with E-state index in [0.717, 1.165) is 10.0 Å². The summed E-state index contributed by atoms with van der Waals surface area (Å²) >= 11 is 3.34. The zero-order valence-corrected chi connectivity index (χ0v) is 10.6. The van der Waals surface area contributed by atoms with Crippen LogP contribution in [-0.4, -0.2) is 13.0 Å². The van der Waals surface area contributed by atoms with Crippen molar-refractivity contribution in [2.24, 2.45) is 5.73 Å². The molecule has 1 aromatic rings. The van der Waals surface area contributed by atoms with Gasteiger partial charge in [0.25, 0.3) is 0 Å². The van der Waals surface area contributed by atoms with E-state index in [4.69, 9.17) is 10.5 Å². The average Bonchev–Trinajstić information content (AvgIpc) is 2.16. The fourth-order valence-electron chi connectivity index (χ4n) is 1.31. The Hall–Kier alpha value is -1.03. The second-order valence-corrected chi connectivity index (χ2v) is 4.75. The van der Waals surface area contributed by atoms with Gasteiger partial charge in [0.2, 0.25) is 5.91 Å². The summed E-state index contributed by atoms with van der Waals surface area (Å²) in [6.45, 7) is 3.56. The molecule has 0 spiro atoms. The molecule has 0 heterocycles. The van der Waals surface area contributed by atoms with Crippen molar-refractivity contribution in [3.63, 3.8) is 0 Å². The minimum absolute atomic E-state index is 0.372. The molecule has 0 aromatic heterocycles. The second kappa shape index (κ2) is 4.23. The van der Waals surface area contributed by atoms with E-state index in [2.05, 4.69) is 15.9 Å². The quantitative estimate of drug-likeness (QED) is 0.917. The van der Waals surface area contributed by atoms with Gasteiger partial charge in [-0.05, 0) is 26.0 Å². The molecule has 4 heteroatoms. The van der Waals surface area contributed by atoms with Crippen LogP contribution in [0.15, 0.2) is 22.7 Å². The van der Waals surface area contributed by atoms with Crippen molar-refractivity contribution in [3.8, 4) is 5.75 Å². The van der Waals surface area contributed by atoms with Crippen LogP contribution in [0.4, 0.5) is 0 Å². The number of halogens is 1. The molecule has 0 radical (unpaired) electrons. The molecule has 1 aromatic carbocycles. The first-order valence-corrected chi connectivity index (χ1v) is 5.33. The van der Waals surface area contributed by atoms with Gasteiger partial charge in [-0.1, -0.05) is 22.0 Å². The molecular formula is C11H14BrNO2. The predicted octanol–water partition coefficient (Wildman–Crippen LogP) is 2.22. The summed E-state index contributed by atoms with van der Waals surface area (Å²) in [4.78, 5) is 11.3. The van der Waals surface area contributed by atoms with Crippen LogP contribution in [0.2, 0.25) is 0 Å². The number of benzene rings is 1. The van der Waals surface area contributed by atoms with Gasteiger partial charge in [-0.25, -0.2) is 0 Å². The average molecular weight is 272 g/mol. The van der Waals surface area contributed by atoms with Crippen LogP contribution in [0, 0.1) is 0 Å². The normalized spacial score (nSPS) is 11.2. The molecule has 15 heavy (non-hydrogen) atoms. The maximum absolute atomic E-state index is 11.3. The van der Waals surface area contributed by atoms with Gasteiger partial charge in [0.05, 0.1) is 12.5 Å². The summed E-state index contributed by atoms with van der Waals surface area (Å²) in [7, 11) is 1.57. The fourth-order valence-corrected chi connectivity index (χ4v) is 1.65. The number of rotatable bonds is 3. The summed E-state index contributed by atoms with van der Waals surface area (Å²) in [6, 6.07) is 5.52. The third-order valence-electron chi connectivity index (χ3n) is 2.45. The summed E-state index contributed by atoms with van der Waals surface area (Å²) in [6.07, 6.45) is 0. The Labute approximate surface area is 97.7 Å². The molecule has 3 nitrogen and oxygen atoms in total. The minimum atomic E-state index is -0.730. The SMILES string of the molecule is COc1cc(Br)ccc1C(C)(C)C(N)=O. The number of amides is 1. The van der Waals surface area contributed by atoms with Crippen molar-refractivity contribution in [2.45, 2.75) is 19.3 Å². The summed E-state index contributed by atoms with van der Waals surface area (Å²) < 4.78 is 6.13. The lowest BCUT2D eigenvalue weighted by Crippen LogP contribution is -2.35. The van der Waals surface area contributed by atoms with Gasteiger partial charge in [0, 0.05) is 10.0 Å². The topological polar surface area (TPSA) is 52.3 Å². The monoisotopic (exact) mass is 271 g/mol. The van der Waals surface area contributed by atoms with E-state index in [1.165, 1.54) is 0 Å². The summed E-state index contributed by atoms with van der Waals surface area (Å²) in [5.74, 6) is 0.288. The zero-order valence-electron chi connectivity index (χ0n) is 9.00. The molecule has 0 atom stereocenters. The van der Waals surface area contributed by atoms with Crippen LogP contribution in [0.1, 0.15) is 19.4 Å². The molecule has 82 valence electrons. The number of carbonyl (C=O) groups excluding carboxylic acids is 1. The Morgan fingerprint density at radius 3 is 2.53 bits per heavy atom. The molecule has 0 unspecified atom stereocenters. The van der Waals surface area contributed by atoms with E-state index in [9.17, 15) is 4.79 Å². The standard InChI is InChI=1S/C11H14BrNO2/c1-11(2,10(13)14)8-5-4-7(12)6-9(8)15-3/h4-6H,1-3H3,(H2,13,14). The Balaban J connectivity index is 3.31. The first kappa shape index (κ1) is 12.0. The largest absolute Gasteiger partial charge is 0.496 e. The maximum Gasteiger partial charge on any atom is 0.227 e. The van der Waals surface area contributed by atoms with Gasteiger partial charge in [-0.15, -0.1) is 0 Å². The Kier molecular flexibility index (Phi) is 3.39. The molecule has 0 saturated heterocycles. The molecule has 1 rings (SSSR count). The highest BCUT2D eigenvalue weighted by Crippen LogP contribution is 2.33. The molecule has 0 fully saturated rings. The molecule has 0 aliphatic heterocycles. The third kappa shape index (κ3) is 2.31. The summed E-state index contributed by atoms with van der Waals surface area (Å²) in [5.41, 5.74) is 5.42. The number of primary amides is 1. The Morgan fingerprint density at radius 1 is 1.47 bits per heavy atom. The van der Waals surface area contributed by atoms with Crippen molar-refractivity contribution < 1.29 is 9.53 Å². The molecule has 0 bridgehead atoms. The highest BCUT2D eigenvalue weighted by atomic mass is 79.9. The van der Waals surface area contributed by atoms with Crippen LogP contribution in [0.25, 0.3) is 0 Å². The number of hydrogen-bond acceptors (Lipinski definition) is 2. The second-order valence-electron chi connectivity index (χ2n) is 3.83. The van der Waals surface area contributed by atoms with Crippen LogP contribution >= 0.6 is 15.9 Å². The van der Waals surface area contributed by atoms with E-state index < -0.39 is 5.41 Å². The third-order valence-corrected chi connectivity index (χ3v) is 2.95. The van der Waals surface area contributed by atoms with Crippen LogP contribution in [0.5, 0.6) is 5.75 Å². The first-order chi connectivity index (χ1) is 6.89. The van der Waals surface area contributed by atoms with Crippen LogP contribution in [-0.2, 0) is 10.2 Å². The number of methoxy groups -OCH3 is 1. The molecule has 0 aliphatic carbocycles. The molecule has 0 saturated carbocycles. The van der Waals surface area contributed by atoms with Gasteiger partial charge in [0.15, 0.2) is 0 Å². The van der Waals surface area contributed by atoms with Crippen molar-refractivity contribution in [1.29, 1.82) is 0 Å². The van der Waals surface area contributed by atoms with E-state index >= 15 is 0 Å². The Morgan fingerprint density at radius 2 is 2.07 bits per heavy atom. The van der Waals surface area contributed by atoms with E-state index in [0.29, 0.717) is 5.75 Å². The van der Waals surface area contributed by atoms with Crippen LogP contribution < -0.4 is 10.5 Å². The highest BCUT2D eigenvalue weighted by Gasteiger charge is 2.30. The molecular weight excluding hydrogens is 258 g/mol. The smallest absolute Gasteiger partial charge is 0.227 e. The number of nitrogens with two attached hydrogens (primary N) is 1.